The molecule has 3 fully saturated rings. The lowest BCUT2D eigenvalue weighted by atomic mass is 9.80. The molecule has 2 aliphatic heterocycles. The van der Waals surface area contributed by atoms with E-state index in [9.17, 15) is 8.42 Å². The average molecular weight is 246 g/mol. The zero-order valence-corrected chi connectivity index (χ0v) is 10.4. The fraction of sp³-hybridized carbons (Fsp3) is 1.00. The van der Waals surface area contributed by atoms with Crippen molar-refractivity contribution in [2.45, 2.75) is 36.5 Å². The van der Waals surface area contributed by atoms with Crippen LogP contribution in [0.4, 0.5) is 0 Å². The molecule has 3 aliphatic rings. The van der Waals surface area contributed by atoms with Gasteiger partial charge in [-0.25, -0.2) is 8.42 Å². The van der Waals surface area contributed by atoms with Crippen molar-refractivity contribution >= 4 is 9.84 Å². The Labute approximate surface area is 96.9 Å². The van der Waals surface area contributed by atoms with E-state index < -0.39 is 9.84 Å². The fourth-order valence-corrected chi connectivity index (χ4v) is 6.63. The molecule has 0 unspecified atom stereocenters. The average Bonchev–Trinajstić information content (AvgIpc) is 2.29. The van der Waals surface area contributed by atoms with Crippen molar-refractivity contribution in [2.24, 2.45) is 0 Å². The van der Waals surface area contributed by atoms with Gasteiger partial charge in [-0.2, -0.15) is 0 Å². The molecule has 0 amide bonds. The van der Waals surface area contributed by atoms with Crippen LogP contribution in [0.3, 0.4) is 0 Å². The van der Waals surface area contributed by atoms with E-state index in [-0.39, 0.29) is 10.8 Å². The maximum absolute atomic E-state index is 11.9. The van der Waals surface area contributed by atoms with E-state index in [0.717, 1.165) is 45.6 Å². The molecule has 0 spiro atoms. The molecule has 0 aromatic heterocycles. The SMILES string of the molecule is O=S1(=O)C[C@]2([NH+]3CCOCC3)CCCC[C@H]21. The zero-order valence-electron chi connectivity index (χ0n) is 9.57. The van der Waals surface area contributed by atoms with Crippen LogP contribution in [0.25, 0.3) is 0 Å². The van der Waals surface area contributed by atoms with Crippen molar-refractivity contribution < 1.29 is 18.1 Å². The van der Waals surface area contributed by atoms with Gasteiger partial charge in [0, 0.05) is 6.42 Å². The van der Waals surface area contributed by atoms with Gasteiger partial charge in [0.1, 0.15) is 29.6 Å². The third-order valence-corrected chi connectivity index (χ3v) is 7.12. The maximum Gasteiger partial charge on any atom is 0.165 e. The minimum Gasteiger partial charge on any atom is -0.370 e. The van der Waals surface area contributed by atoms with Crippen molar-refractivity contribution in [3.8, 4) is 0 Å². The Morgan fingerprint density at radius 3 is 2.62 bits per heavy atom. The van der Waals surface area contributed by atoms with E-state index in [0.29, 0.717) is 5.75 Å². The van der Waals surface area contributed by atoms with Crippen LogP contribution in [-0.2, 0) is 14.6 Å². The first kappa shape index (κ1) is 11.0. The molecule has 16 heavy (non-hydrogen) atoms. The first-order valence-electron chi connectivity index (χ1n) is 6.30. The van der Waals surface area contributed by atoms with Gasteiger partial charge in [-0.1, -0.05) is 6.42 Å². The molecular formula is C11H20NO3S+. The van der Waals surface area contributed by atoms with E-state index in [1.165, 1.54) is 11.3 Å². The molecule has 2 saturated heterocycles. The molecule has 0 radical (unpaired) electrons. The largest absolute Gasteiger partial charge is 0.370 e. The van der Waals surface area contributed by atoms with Crippen molar-refractivity contribution in [1.29, 1.82) is 0 Å². The first-order valence-corrected chi connectivity index (χ1v) is 8.01. The van der Waals surface area contributed by atoms with Crippen LogP contribution in [0.2, 0.25) is 0 Å². The molecular weight excluding hydrogens is 226 g/mol. The molecule has 2 heterocycles. The van der Waals surface area contributed by atoms with Gasteiger partial charge in [0.25, 0.3) is 0 Å². The Morgan fingerprint density at radius 2 is 1.94 bits per heavy atom. The number of fused-ring (bicyclic) bond motifs is 1. The summed E-state index contributed by atoms with van der Waals surface area (Å²) in [4.78, 5) is 1.50. The van der Waals surface area contributed by atoms with Crippen molar-refractivity contribution in [3.05, 3.63) is 0 Å². The Balaban J connectivity index is 1.85. The molecule has 4 nitrogen and oxygen atoms in total. The molecule has 1 N–H and O–H groups in total. The normalized spacial score (nSPS) is 43.4. The summed E-state index contributed by atoms with van der Waals surface area (Å²) in [5, 5.41) is -0.0400. The van der Waals surface area contributed by atoms with Gasteiger partial charge in [-0.3, -0.25) is 0 Å². The number of hydrogen-bond acceptors (Lipinski definition) is 3. The number of ether oxygens (including phenoxy) is 1. The lowest BCUT2D eigenvalue weighted by Gasteiger charge is -2.54. The standard InChI is InChI=1S/C11H19NO3S/c13-16(14)9-11(4-2-1-3-10(11)16)12-5-7-15-8-6-12/h10H,1-9H2/p+1/t10-,11-/m1/s1. The Hall–Kier alpha value is -0.130. The smallest absolute Gasteiger partial charge is 0.165 e. The quantitative estimate of drug-likeness (QED) is 0.646. The summed E-state index contributed by atoms with van der Waals surface area (Å²) in [6, 6.07) is 0. The summed E-state index contributed by atoms with van der Waals surface area (Å²) in [6.07, 6.45) is 4.30. The Kier molecular flexibility index (Phi) is 2.53. The van der Waals surface area contributed by atoms with Gasteiger partial charge in [0.2, 0.25) is 0 Å². The highest BCUT2D eigenvalue weighted by molar-refractivity contribution is 7.93. The van der Waals surface area contributed by atoms with E-state index in [1.54, 1.807) is 0 Å². The van der Waals surface area contributed by atoms with Crippen LogP contribution in [0.1, 0.15) is 25.7 Å². The molecule has 3 rings (SSSR count). The lowest BCUT2D eigenvalue weighted by molar-refractivity contribution is -0.959. The van der Waals surface area contributed by atoms with Crippen LogP contribution < -0.4 is 4.90 Å². The highest BCUT2D eigenvalue weighted by atomic mass is 32.2. The molecule has 92 valence electrons. The molecule has 1 saturated carbocycles. The van der Waals surface area contributed by atoms with E-state index in [1.807, 2.05) is 0 Å². The number of sulfone groups is 1. The molecule has 0 aromatic carbocycles. The highest BCUT2D eigenvalue weighted by Gasteiger charge is 2.65. The molecule has 1 aliphatic carbocycles. The zero-order chi connectivity index (χ0) is 11.2. The summed E-state index contributed by atoms with van der Waals surface area (Å²) < 4.78 is 29.1. The number of rotatable bonds is 1. The second kappa shape index (κ2) is 3.68. The van der Waals surface area contributed by atoms with Crippen LogP contribution in [-0.4, -0.2) is 51.3 Å². The first-order chi connectivity index (χ1) is 7.65. The number of hydrogen-bond donors (Lipinski definition) is 1. The second-order valence-corrected chi connectivity index (χ2v) is 7.60. The van der Waals surface area contributed by atoms with E-state index in [2.05, 4.69) is 0 Å². The summed E-state index contributed by atoms with van der Waals surface area (Å²) in [5.74, 6) is 0.431. The molecule has 2 atom stereocenters. The van der Waals surface area contributed by atoms with Gasteiger partial charge >= 0.3 is 0 Å². The number of nitrogens with one attached hydrogen (secondary N) is 1. The number of morpholine rings is 1. The molecule has 0 bridgehead atoms. The van der Waals surface area contributed by atoms with Gasteiger partial charge in [-0.15, -0.1) is 0 Å². The summed E-state index contributed by atoms with van der Waals surface area (Å²) in [7, 11) is -2.75. The topological polar surface area (TPSA) is 47.8 Å². The maximum atomic E-state index is 11.9. The Morgan fingerprint density at radius 1 is 1.19 bits per heavy atom. The number of quaternary nitrogens is 1. The fourth-order valence-electron chi connectivity index (χ4n) is 3.88. The third kappa shape index (κ3) is 1.45. The third-order valence-electron chi connectivity index (χ3n) is 4.65. The highest BCUT2D eigenvalue weighted by Crippen LogP contribution is 2.41. The Bertz CT molecular complexity index is 375. The van der Waals surface area contributed by atoms with Crippen molar-refractivity contribution in [1.82, 2.24) is 0 Å². The van der Waals surface area contributed by atoms with Gasteiger partial charge < -0.3 is 9.64 Å². The summed E-state index contributed by atoms with van der Waals surface area (Å²) in [6.45, 7) is 3.58. The van der Waals surface area contributed by atoms with Gasteiger partial charge in [0.05, 0.1) is 13.2 Å². The van der Waals surface area contributed by atoms with Crippen LogP contribution in [0.15, 0.2) is 0 Å². The molecule has 5 heteroatoms. The van der Waals surface area contributed by atoms with Crippen LogP contribution in [0, 0.1) is 0 Å². The van der Waals surface area contributed by atoms with Gasteiger partial charge in [0.15, 0.2) is 9.84 Å². The molecule has 0 aromatic rings. The summed E-state index contributed by atoms with van der Waals surface area (Å²) >= 11 is 0. The minimum atomic E-state index is -2.75. The monoisotopic (exact) mass is 246 g/mol. The summed E-state index contributed by atoms with van der Waals surface area (Å²) in [5.41, 5.74) is 0.0703. The predicted octanol–water partition coefficient (Wildman–Crippen LogP) is -0.989. The van der Waals surface area contributed by atoms with Crippen molar-refractivity contribution in [2.75, 3.05) is 32.1 Å². The van der Waals surface area contributed by atoms with E-state index in [4.69, 9.17) is 4.74 Å². The van der Waals surface area contributed by atoms with Crippen LogP contribution in [0.5, 0.6) is 0 Å². The minimum absolute atomic E-state index is 0.0400. The van der Waals surface area contributed by atoms with E-state index >= 15 is 0 Å². The lowest BCUT2D eigenvalue weighted by Crippen LogP contribution is -3.26. The van der Waals surface area contributed by atoms with Crippen molar-refractivity contribution in [3.63, 3.8) is 0 Å². The van der Waals surface area contributed by atoms with Crippen LogP contribution >= 0.6 is 0 Å². The van der Waals surface area contributed by atoms with Gasteiger partial charge in [-0.05, 0) is 12.8 Å². The predicted molar refractivity (Wildman–Crippen MR) is 60.3 cm³/mol. The second-order valence-electron chi connectivity index (χ2n) is 5.41.